The number of nitrogens with zero attached hydrogens (tertiary/aromatic N) is 1. The second kappa shape index (κ2) is 6.56. The van der Waals surface area contributed by atoms with E-state index in [9.17, 15) is 9.18 Å². The molecule has 4 fully saturated rings. The van der Waals surface area contributed by atoms with Gasteiger partial charge in [0, 0.05) is 11.6 Å². The molecule has 2 aromatic heterocycles. The Bertz CT molecular complexity index is 1100. The topological polar surface area (TPSA) is 58.2 Å². The van der Waals surface area contributed by atoms with E-state index in [4.69, 9.17) is 4.74 Å². The van der Waals surface area contributed by atoms with E-state index in [1.165, 1.54) is 31.4 Å². The second-order valence-electron chi connectivity index (χ2n) is 9.47. The minimum Gasteiger partial charge on any atom is -0.391 e. The van der Waals surface area contributed by atoms with Crippen molar-refractivity contribution in [2.24, 2.45) is 17.8 Å². The van der Waals surface area contributed by atoms with Gasteiger partial charge in [0.15, 0.2) is 5.52 Å². The number of rotatable bonds is 4. The molecule has 0 radical (unpaired) electrons. The SMILES string of the molecule is O=C(NC12CC3CC(CC(C3)C1)C2)c1[nH]c(Oc2cccc(F)c2)[n+]2ccccc12. The summed E-state index contributed by atoms with van der Waals surface area (Å²) in [7, 11) is 0. The fourth-order valence-corrected chi connectivity index (χ4v) is 6.51. The Hall–Kier alpha value is -2.89. The zero-order chi connectivity index (χ0) is 20.3. The lowest BCUT2D eigenvalue weighted by molar-refractivity contribution is -0.519. The molecule has 1 aromatic carbocycles. The van der Waals surface area contributed by atoms with E-state index in [2.05, 4.69) is 10.3 Å². The summed E-state index contributed by atoms with van der Waals surface area (Å²) in [6, 6.07) is 12.0. The number of pyridine rings is 1. The number of fused-ring (bicyclic) bond motifs is 1. The fourth-order valence-electron chi connectivity index (χ4n) is 6.51. The normalized spacial score (nSPS) is 29.3. The summed E-state index contributed by atoms with van der Waals surface area (Å²) >= 11 is 0. The van der Waals surface area contributed by atoms with Gasteiger partial charge < -0.3 is 10.1 Å². The maximum absolute atomic E-state index is 13.6. The predicted molar refractivity (Wildman–Crippen MR) is 109 cm³/mol. The van der Waals surface area contributed by atoms with Gasteiger partial charge in [-0.05, 0) is 80.5 Å². The summed E-state index contributed by atoms with van der Waals surface area (Å²) in [6.45, 7) is 0. The molecule has 4 aliphatic carbocycles. The van der Waals surface area contributed by atoms with Crippen LogP contribution in [0.15, 0.2) is 48.7 Å². The second-order valence-corrected chi connectivity index (χ2v) is 9.47. The van der Waals surface area contributed by atoms with Gasteiger partial charge in [0.25, 0.3) is 5.91 Å². The Morgan fingerprint density at radius 2 is 1.80 bits per heavy atom. The van der Waals surface area contributed by atoms with Gasteiger partial charge in [0.2, 0.25) is 5.69 Å². The van der Waals surface area contributed by atoms with Gasteiger partial charge in [-0.3, -0.25) is 4.79 Å². The number of ether oxygens (including phenoxy) is 1. The molecule has 0 saturated heterocycles. The zero-order valence-corrected chi connectivity index (χ0v) is 16.7. The third-order valence-corrected chi connectivity index (χ3v) is 7.22. The van der Waals surface area contributed by atoms with E-state index in [1.54, 1.807) is 16.5 Å². The van der Waals surface area contributed by atoms with Crippen molar-refractivity contribution in [2.75, 3.05) is 0 Å². The van der Waals surface area contributed by atoms with E-state index < -0.39 is 0 Å². The molecule has 0 spiro atoms. The smallest absolute Gasteiger partial charge is 0.391 e. The van der Waals surface area contributed by atoms with Crippen molar-refractivity contribution in [3.05, 3.63) is 60.2 Å². The van der Waals surface area contributed by atoms with Crippen LogP contribution in [-0.2, 0) is 0 Å². The lowest BCUT2D eigenvalue weighted by atomic mass is 9.53. The minimum atomic E-state index is -0.367. The van der Waals surface area contributed by atoms with Gasteiger partial charge in [0.05, 0.1) is 0 Å². The van der Waals surface area contributed by atoms with Gasteiger partial charge in [0.1, 0.15) is 17.8 Å². The quantitative estimate of drug-likeness (QED) is 0.632. The molecular weight excluding hydrogens is 381 g/mol. The average molecular weight is 406 g/mol. The highest BCUT2D eigenvalue weighted by Crippen LogP contribution is 2.55. The van der Waals surface area contributed by atoms with Crippen LogP contribution in [0.4, 0.5) is 4.39 Å². The monoisotopic (exact) mass is 406 g/mol. The summed E-state index contributed by atoms with van der Waals surface area (Å²) in [5.41, 5.74) is 1.16. The van der Waals surface area contributed by atoms with Crippen molar-refractivity contribution < 1.29 is 18.3 Å². The molecule has 1 amide bonds. The number of hydrogen-bond acceptors (Lipinski definition) is 2. The van der Waals surface area contributed by atoms with Crippen LogP contribution in [0.1, 0.15) is 49.0 Å². The molecule has 7 rings (SSSR count). The van der Waals surface area contributed by atoms with Crippen LogP contribution in [0.5, 0.6) is 11.8 Å². The third kappa shape index (κ3) is 2.97. The first kappa shape index (κ1) is 17.9. The fraction of sp³-hybridized carbons (Fsp3) is 0.417. The summed E-state index contributed by atoms with van der Waals surface area (Å²) in [5, 5.41) is 3.42. The van der Waals surface area contributed by atoms with Gasteiger partial charge in [-0.15, -0.1) is 0 Å². The molecular formula is C24H25FN3O2+. The van der Waals surface area contributed by atoms with Crippen molar-refractivity contribution >= 4 is 11.4 Å². The van der Waals surface area contributed by atoms with E-state index in [0.29, 0.717) is 17.5 Å². The highest BCUT2D eigenvalue weighted by molar-refractivity contribution is 5.98. The van der Waals surface area contributed by atoms with E-state index in [1.807, 2.05) is 24.4 Å². The maximum Gasteiger partial charge on any atom is 0.465 e. The number of imidazole rings is 1. The summed E-state index contributed by atoms with van der Waals surface area (Å²) < 4.78 is 21.2. The molecule has 2 N–H and O–H groups in total. The van der Waals surface area contributed by atoms with Crippen molar-refractivity contribution in [1.82, 2.24) is 10.3 Å². The Morgan fingerprint density at radius 3 is 2.50 bits per heavy atom. The number of halogens is 1. The minimum absolute atomic E-state index is 0.0632. The predicted octanol–water partition coefficient (Wildman–Crippen LogP) is 4.38. The van der Waals surface area contributed by atoms with Crippen LogP contribution < -0.4 is 14.5 Å². The molecule has 0 aliphatic heterocycles. The Kier molecular flexibility index (Phi) is 3.92. The number of benzene rings is 1. The molecule has 0 unspecified atom stereocenters. The number of amides is 1. The largest absolute Gasteiger partial charge is 0.465 e. The van der Waals surface area contributed by atoms with E-state index in [0.717, 1.165) is 42.5 Å². The Balaban J connectivity index is 1.32. The number of aromatic nitrogens is 2. The number of carbonyl (C=O) groups excluding carboxylic acids is 1. The molecule has 30 heavy (non-hydrogen) atoms. The highest BCUT2D eigenvalue weighted by Gasteiger charge is 2.52. The number of H-pyrrole nitrogens is 1. The lowest BCUT2D eigenvalue weighted by Gasteiger charge is -2.56. The third-order valence-electron chi connectivity index (χ3n) is 7.22. The first-order valence-electron chi connectivity index (χ1n) is 10.9. The van der Waals surface area contributed by atoms with Crippen molar-refractivity contribution in [3.8, 4) is 11.8 Å². The Morgan fingerprint density at radius 1 is 1.07 bits per heavy atom. The first-order valence-corrected chi connectivity index (χ1v) is 10.9. The van der Waals surface area contributed by atoms with Gasteiger partial charge in [-0.2, -0.15) is 9.38 Å². The summed E-state index contributed by atoms with van der Waals surface area (Å²) in [4.78, 5) is 16.5. The van der Waals surface area contributed by atoms with Crippen LogP contribution >= 0.6 is 0 Å². The summed E-state index contributed by atoms with van der Waals surface area (Å²) in [5.74, 6) is 2.21. The maximum atomic E-state index is 13.6. The standard InChI is InChI=1S/C24H24FN3O2/c25-18-4-3-5-19(11-18)30-23-26-21(20-6-1-2-7-28(20)23)22(29)27-24-12-15-8-16(13-24)10-17(9-15)14-24/h1-7,11,15-17H,8-10,12-14H2,(H,27,29)/p+1. The van der Waals surface area contributed by atoms with Gasteiger partial charge >= 0.3 is 6.01 Å². The first-order chi connectivity index (χ1) is 14.6. The molecule has 4 bridgehead atoms. The molecule has 6 heteroatoms. The van der Waals surface area contributed by atoms with E-state index in [-0.39, 0.29) is 17.3 Å². The van der Waals surface area contributed by atoms with Crippen LogP contribution in [-0.4, -0.2) is 16.4 Å². The van der Waals surface area contributed by atoms with Gasteiger partial charge in [-0.1, -0.05) is 12.1 Å². The van der Waals surface area contributed by atoms with Gasteiger partial charge in [-0.25, -0.2) is 4.39 Å². The van der Waals surface area contributed by atoms with E-state index >= 15 is 0 Å². The van der Waals surface area contributed by atoms with Crippen LogP contribution in [0.2, 0.25) is 0 Å². The number of aromatic amines is 1. The molecule has 5 nitrogen and oxygen atoms in total. The summed E-state index contributed by atoms with van der Waals surface area (Å²) in [6.07, 6.45) is 9.14. The molecule has 4 saturated carbocycles. The Labute approximate surface area is 174 Å². The molecule has 0 atom stereocenters. The molecule has 2 heterocycles. The lowest BCUT2D eigenvalue weighted by Crippen LogP contribution is -2.59. The van der Waals surface area contributed by atoms with Crippen molar-refractivity contribution in [2.45, 2.75) is 44.1 Å². The molecule has 4 aliphatic rings. The molecule has 154 valence electrons. The zero-order valence-electron chi connectivity index (χ0n) is 16.7. The van der Waals surface area contributed by atoms with Crippen molar-refractivity contribution in [1.29, 1.82) is 0 Å². The average Bonchev–Trinajstić information content (AvgIpc) is 3.05. The van der Waals surface area contributed by atoms with Crippen LogP contribution in [0.3, 0.4) is 0 Å². The van der Waals surface area contributed by atoms with Crippen LogP contribution in [0.25, 0.3) is 5.52 Å². The highest BCUT2D eigenvalue weighted by atomic mass is 19.1. The van der Waals surface area contributed by atoms with Crippen LogP contribution in [0, 0.1) is 23.6 Å². The number of carbonyl (C=O) groups is 1. The van der Waals surface area contributed by atoms with Crippen molar-refractivity contribution in [3.63, 3.8) is 0 Å². The molecule has 3 aromatic rings. The number of hydrogen-bond donors (Lipinski definition) is 2. The number of nitrogens with one attached hydrogen (secondary N) is 2.